The molecule has 1 amide bonds. The Morgan fingerprint density at radius 2 is 2.20 bits per heavy atom. The molecule has 0 aliphatic heterocycles. The topological polar surface area (TPSA) is 79.9 Å². The zero-order valence-electron chi connectivity index (χ0n) is 13.6. The lowest BCUT2D eigenvalue weighted by Gasteiger charge is -2.11. The van der Waals surface area contributed by atoms with Crippen LogP contribution in [0.4, 0.5) is 5.69 Å². The van der Waals surface area contributed by atoms with Crippen LogP contribution in [0.25, 0.3) is 0 Å². The van der Waals surface area contributed by atoms with Gasteiger partial charge in [-0.1, -0.05) is 12.1 Å². The zero-order chi connectivity index (χ0) is 17.6. The van der Waals surface area contributed by atoms with Gasteiger partial charge in [-0.05, 0) is 29.8 Å². The highest BCUT2D eigenvalue weighted by atomic mass is 16.5. The summed E-state index contributed by atoms with van der Waals surface area (Å²) in [5, 5.41) is 12.0. The van der Waals surface area contributed by atoms with Crippen molar-refractivity contribution in [2.45, 2.75) is 13.5 Å². The highest BCUT2D eigenvalue weighted by molar-refractivity contribution is 5.88. The standard InChI is InChI=1S/C19H16N4O2/c1-14(24)22-17-3-2-4-18(10-17)25-19-9-15(5-6-16(19)11-20)12-23-8-7-21-13-23/h2-10,13H,12H2,1H3,(H,22,24). The number of imidazole rings is 1. The number of carbonyl (C=O) groups excluding carboxylic acids is 1. The van der Waals surface area contributed by atoms with Crippen molar-refractivity contribution in [3.05, 3.63) is 72.3 Å². The smallest absolute Gasteiger partial charge is 0.221 e. The highest BCUT2D eigenvalue weighted by Crippen LogP contribution is 2.28. The molecule has 0 atom stereocenters. The normalized spacial score (nSPS) is 10.1. The van der Waals surface area contributed by atoms with Crippen LogP contribution in [0.2, 0.25) is 0 Å². The van der Waals surface area contributed by atoms with Crippen LogP contribution in [-0.2, 0) is 11.3 Å². The third-order valence-corrected chi connectivity index (χ3v) is 3.47. The number of amides is 1. The molecule has 0 saturated heterocycles. The number of nitrogens with one attached hydrogen (secondary N) is 1. The highest BCUT2D eigenvalue weighted by Gasteiger charge is 2.08. The second-order valence-corrected chi connectivity index (χ2v) is 5.49. The van der Waals surface area contributed by atoms with E-state index in [0.717, 1.165) is 5.56 Å². The predicted octanol–water partition coefficient (Wildman–Crippen LogP) is 3.55. The molecule has 3 rings (SSSR count). The number of hydrogen-bond donors (Lipinski definition) is 1. The summed E-state index contributed by atoms with van der Waals surface area (Å²) < 4.78 is 7.82. The molecule has 1 aromatic heterocycles. The maximum atomic E-state index is 11.2. The zero-order valence-corrected chi connectivity index (χ0v) is 13.6. The molecule has 6 nitrogen and oxygen atoms in total. The molecular weight excluding hydrogens is 316 g/mol. The van der Waals surface area contributed by atoms with E-state index in [0.29, 0.717) is 29.3 Å². The van der Waals surface area contributed by atoms with Gasteiger partial charge in [0.2, 0.25) is 5.91 Å². The van der Waals surface area contributed by atoms with Crippen molar-refractivity contribution < 1.29 is 9.53 Å². The van der Waals surface area contributed by atoms with E-state index in [9.17, 15) is 10.1 Å². The summed E-state index contributed by atoms with van der Waals surface area (Å²) in [5.74, 6) is 0.861. The monoisotopic (exact) mass is 332 g/mol. The van der Waals surface area contributed by atoms with Crippen molar-refractivity contribution in [1.29, 1.82) is 5.26 Å². The second kappa shape index (κ2) is 7.32. The predicted molar refractivity (Wildman–Crippen MR) is 93.3 cm³/mol. The van der Waals surface area contributed by atoms with Crippen LogP contribution in [-0.4, -0.2) is 15.5 Å². The first-order valence-corrected chi connectivity index (χ1v) is 7.68. The summed E-state index contributed by atoms with van der Waals surface area (Å²) >= 11 is 0. The molecule has 2 aromatic carbocycles. The van der Waals surface area contributed by atoms with Gasteiger partial charge in [-0.2, -0.15) is 5.26 Å². The molecule has 6 heteroatoms. The van der Waals surface area contributed by atoms with E-state index in [1.54, 1.807) is 42.9 Å². The third-order valence-electron chi connectivity index (χ3n) is 3.47. The van der Waals surface area contributed by atoms with E-state index in [-0.39, 0.29) is 5.91 Å². The van der Waals surface area contributed by atoms with Crippen LogP contribution >= 0.6 is 0 Å². The fraction of sp³-hybridized carbons (Fsp3) is 0.105. The summed E-state index contributed by atoms with van der Waals surface area (Å²) in [7, 11) is 0. The van der Waals surface area contributed by atoms with Gasteiger partial charge in [0.1, 0.15) is 17.6 Å². The Morgan fingerprint density at radius 3 is 2.92 bits per heavy atom. The number of ether oxygens (including phenoxy) is 1. The van der Waals surface area contributed by atoms with Crippen molar-refractivity contribution in [2.24, 2.45) is 0 Å². The number of carbonyl (C=O) groups is 1. The van der Waals surface area contributed by atoms with Crippen LogP contribution in [0.3, 0.4) is 0 Å². The molecule has 0 radical (unpaired) electrons. The Labute approximate surface area is 145 Å². The summed E-state index contributed by atoms with van der Waals surface area (Å²) in [5.41, 5.74) is 2.07. The second-order valence-electron chi connectivity index (χ2n) is 5.49. The molecule has 25 heavy (non-hydrogen) atoms. The lowest BCUT2D eigenvalue weighted by atomic mass is 10.1. The molecule has 0 bridgehead atoms. The SMILES string of the molecule is CC(=O)Nc1cccc(Oc2cc(Cn3ccnc3)ccc2C#N)c1. The number of nitrogens with zero attached hydrogens (tertiary/aromatic N) is 3. The minimum Gasteiger partial charge on any atom is -0.456 e. The molecule has 1 N–H and O–H groups in total. The molecule has 0 saturated carbocycles. The largest absolute Gasteiger partial charge is 0.456 e. The van der Waals surface area contributed by atoms with E-state index >= 15 is 0 Å². The number of benzene rings is 2. The number of anilines is 1. The fourth-order valence-electron chi connectivity index (χ4n) is 2.40. The van der Waals surface area contributed by atoms with Crippen molar-refractivity contribution in [3.63, 3.8) is 0 Å². The Balaban J connectivity index is 1.85. The summed E-state index contributed by atoms with van der Waals surface area (Å²) in [6.45, 7) is 2.08. The van der Waals surface area contributed by atoms with Gasteiger partial charge in [-0.25, -0.2) is 4.98 Å². The van der Waals surface area contributed by atoms with E-state index in [2.05, 4.69) is 16.4 Å². The van der Waals surface area contributed by atoms with Crippen LogP contribution in [0.15, 0.2) is 61.2 Å². The Morgan fingerprint density at radius 1 is 1.32 bits per heavy atom. The maximum Gasteiger partial charge on any atom is 0.221 e. The number of nitriles is 1. The molecule has 0 spiro atoms. The van der Waals surface area contributed by atoms with Gasteiger partial charge >= 0.3 is 0 Å². The Kier molecular flexibility index (Phi) is 4.77. The fourth-order valence-corrected chi connectivity index (χ4v) is 2.40. The third kappa shape index (κ3) is 4.24. The van der Waals surface area contributed by atoms with Crippen molar-refractivity contribution >= 4 is 11.6 Å². The van der Waals surface area contributed by atoms with Gasteiger partial charge < -0.3 is 14.6 Å². The van der Waals surface area contributed by atoms with Crippen molar-refractivity contribution in [3.8, 4) is 17.6 Å². The Bertz CT molecular complexity index is 927. The molecule has 1 heterocycles. The average Bonchev–Trinajstić information content (AvgIpc) is 3.08. The van der Waals surface area contributed by atoms with Crippen LogP contribution in [0.1, 0.15) is 18.1 Å². The summed E-state index contributed by atoms with van der Waals surface area (Å²) in [6.07, 6.45) is 5.32. The minimum absolute atomic E-state index is 0.155. The first kappa shape index (κ1) is 16.3. The molecule has 0 aliphatic rings. The lowest BCUT2D eigenvalue weighted by Crippen LogP contribution is -2.05. The van der Waals surface area contributed by atoms with Crippen LogP contribution in [0.5, 0.6) is 11.5 Å². The Hall–Kier alpha value is -3.59. The van der Waals surface area contributed by atoms with Crippen molar-refractivity contribution in [1.82, 2.24) is 9.55 Å². The maximum absolute atomic E-state index is 11.2. The van der Waals surface area contributed by atoms with Gasteiger partial charge in [0.05, 0.1) is 11.9 Å². The van der Waals surface area contributed by atoms with E-state index in [4.69, 9.17) is 4.74 Å². The van der Waals surface area contributed by atoms with E-state index in [1.807, 2.05) is 22.9 Å². The van der Waals surface area contributed by atoms with Crippen molar-refractivity contribution in [2.75, 3.05) is 5.32 Å². The number of rotatable bonds is 5. The van der Waals surface area contributed by atoms with E-state index in [1.165, 1.54) is 6.92 Å². The van der Waals surface area contributed by atoms with Gasteiger partial charge in [0.25, 0.3) is 0 Å². The summed E-state index contributed by atoms with van der Waals surface area (Å²) in [6, 6.07) is 14.6. The lowest BCUT2D eigenvalue weighted by molar-refractivity contribution is -0.114. The molecule has 0 aliphatic carbocycles. The molecular formula is C19H16N4O2. The number of aromatic nitrogens is 2. The van der Waals surface area contributed by atoms with Gasteiger partial charge in [-0.15, -0.1) is 0 Å². The summed E-state index contributed by atoms with van der Waals surface area (Å²) in [4.78, 5) is 15.2. The first-order chi connectivity index (χ1) is 12.1. The molecule has 0 unspecified atom stereocenters. The van der Waals surface area contributed by atoms with Crippen LogP contribution < -0.4 is 10.1 Å². The first-order valence-electron chi connectivity index (χ1n) is 7.68. The molecule has 3 aromatic rings. The molecule has 0 fully saturated rings. The van der Waals surface area contributed by atoms with Gasteiger partial charge in [-0.3, -0.25) is 4.79 Å². The van der Waals surface area contributed by atoms with Gasteiger partial charge in [0.15, 0.2) is 0 Å². The minimum atomic E-state index is -0.155. The van der Waals surface area contributed by atoms with Crippen LogP contribution in [0, 0.1) is 11.3 Å². The number of hydrogen-bond acceptors (Lipinski definition) is 4. The molecule has 124 valence electrons. The quantitative estimate of drug-likeness (QED) is 0.775. The van der Waals surface area contributed by atoms with Gasteiger partial charge in [0, 0.05) is 37.6 Å². The van der Waals surface area contributed by atoms with E-state index < -0.39 is 0 Å². The average molecular weight is 332 g/mol.